The first-order chi connectivity index (χ1) is 9.65. The Morgan fingerprint density at radius 2 is 2.35 bits per heavy atom. The molecule has 0 radical (unpaired) electrons. The smallest absolute Gasteiger partial charge is 0.239 e. The standard InChI is InChI=1S/C14H18N2O4/c1-15-14(19)13(3-2-6-17)16-8-11-7-12(18)5-4-10(11)9-20-16/h4-7,13,18H,2-3,8-9H2,1H3,(H,15,19). The van der Waals surface area contributed by atoms with Gasteiger partial charge in [-0.05, 0) is 29.7 Å². The highest BCUT2D eigenvalue weighted by molar-refractivity contribution is 5.81. The number of fused-ring (bicyclic) bond motifs is 1. The number of aldehydes is 1. The van der Waals surface area contributed by atoms with E-state index in [1.54, 1.807) is 24.2 Å². The molecule has 2 rings (SSSR count). The average molecular weight is 278 g/mol. The van der Waals surface area contributed by atoms with Crippen molar-refractivity contribution in [2.75, 3.05) is 7.05 Å². The summed E-state index contributed by atoms with van der Waals surface area (Å²) in [5.74, 6) is 0.00503. The van der Waals surface area contributed by atoms with Crippen molar-refractivity contribution >= 4 is 12.2 Å². The number of hydroxylamine groups is 2. The molecule has 2 N–H and O–H groups in total. The molecule has 1 amide bonds. The fraction of sp³-hybridized carbons (Fsp3) is 0.429. The highest BCUT2D eigenvalue weighted by Gasteiger charge is 2.29. The Hall–Kier alpha value is -1.92. The van der Waals surface area contributed by atoms with Crippen LogP contribution in [0.4, 0.5) is 0 Å². The van der Waals surface area contributed by atoms with Gasteiger partial charge in [0.1, 0.15) is 18.1 Å². The first-order valence-corrected chi connectivity index (χ1v) is 6.51. The molecule has 0 fully saturated rings. The summed E-state index contributed by atoms with van der Waals surface area (Å²) < 4.78 is 0. The van der Waals surface area contributed by atoms with Gasteiger partial charge in [0.2, 0.25) is 5.91 Å². The van der Waals surface area contributed by atoms with Crippen LogP contribution in [0.15, 0.2) is 18.2 Å². The predicted octanol–water partition coefficient (Wildman–Crippen LogP) is 0.733. The average Bonchev–Trinajstić information content (AvgIpc) is 2.46. The van der Waals surface area contributed by atoms with Crippen molar-refractivity contribution in [1.29, 1.82) is 0 Å². The molecular formula is C14H18N2O4. The molecule has 6 nitrogen and oxygen atoms in total. The molecule has 1 aliphatic rings. The number of nitrogens with zero attached hydrogens (tertiary/aromatic N) is 1. The number of phenolic OH excluding ortho intramolecular Hbond substituents is 1. The molecule has 0 aliphatic carbocycles. The number of phenols is 1. The van der Waals surface area contributed by atoms with Gasteiger partial charge in [-0.3, -0.25) is 9.63 Å². The first kappa shape index (κ1) is 14.5. The van der Waals surface area contributed by atoms with Crippen molar-refractivity contribution < 1.29 is 19.5 Å². The summed E-state index contributed by atoms with van der Waals surface area (Å²) in [6.07, 6.45) is 1.49. The van der Waals surface area contributed by atoms with Gasteiger partial charge in [-0.1, -0.05) is 6.07 Å². The fourth-order valence-corrected chi connectivity index (χ4v) is 2.26. The van der Waals surface area contributed by atoms with Crippen LogP contribution in [0.2, 0.25) is 0 Å². The summed E-state index contributed by atoms with van der Waals surface area (Å²) in [7, 11) is 1.56. The van der Waals surface area contributed by atoms with E-state index in [9.17, 15) is 14.7 Å². The molecule has 1 aromatic carbocycles. The van der Waals surface area contributed by atoms with E-state index >= 15 is 0 Å². The Labute approximate surface area is 117 Å². The van der Waals surface area contributed by atoms with Crippen molar-refractivity contribution in [2.45, 2.75) is 32.0 Å². The van der Waals surface area contributed by atoms with Crippen LogP contribution in [0, 0.1) is 0 Å². The summed E-state index contributed by atoms with van der Waals surface area (Å²) in [6.45, 7) is 0.755. The van der Waals surface area contributed by atoms with E-state index in [-0.39, 0.29) is 11.7 Å². The van der Waals surface area contributed by atoms with Gasteiger partial charge in [-0.15, -0.1) is 0 Å². The van der Waals surface area contributed by atoms with Crippen molar-refractivity contribution in [1.82, 2.24) is 10.4 Å². The molecule has 1 aliphatic heterocycles. The molecule has 0 bridgehead atoms. The van der Waals surface area contributed by atoms with Crippen LogP contribution in [0.25, 0.3) is 0 Å². The van der Waals surface area contributed by atoms with Crippen molar-refractivity contribution in [3.63, 3.8) is 0 Å². The van der Waals surface area contributed by atoms with Crippen molar-refractivity contribution in [3.05, 3.63) is 29.3 Å². The van der Waals surface area contributed by atoms with E-state index in [1.807, 2.05) is 6.07 Å². The molecule has 0 saturated carbocycles. The topological polar surface area (TPSA) is 78.9 Å². The van der Waals surface area contributed by atoms with E-state index in [2.05, 4.69) is 5.32 Å². The molecule has 0 aromatic heterocycles. The number of aromatic hydroxyl groups is 1. The normalized spacial score (nSPS) is 16.2. The van der Waals surface area contributed by atoms with Crippen LogP contribution in [-0.4, -0.2) is 35.5 Å². The number of likely N-dealkylation sites (N-methyl/N-ethyl adjacent to an activating group) is 1. The molecular weight excluding hydrogens is 260 g/mol. The van der Waals surface area contributed by atoms with Crippen molar-refractivity contribution in [3.8, 4) is 5.75 Å². The highest BCUT2D eigenvalue weighted by Crippen LogP contribution is 2.26. The van der Waals surface area contributed by atoms with Crippen molar-refractivity contribution in [2.24, 2.45) is 0 Å². The molecule has 6 heteroatoms. The predicted molar refractivity (Wildman–Crippen MR) is 71.6 cm³/mol. The summed E-state index contributed by atoms with van der Waals surface area (Å²) in [4.78, 5) is 28.0. The van der Waals surface area contributed by atoms with Gasteiger partial charge in [0.05, 0.1) is 13.2 Å². The third kappa shape index (κ3) is 3.15. The third-order valence-corrected chi connectivity index (χ3v) is 3.36. The van der Waals surface area contributed by atoms with E-state index in [4.69, 9.17) is 4.84 Å². The monoisotopic (exact) mass is 278 g/mol. The summed E-state index contributed by atoms with van der Waals surface area (Å²) in [5.41, 5.74) is 1.92. The van der Waals surface area contributed by atoms with Crippen LogP contribution in [-0.2, 0) is 27.6 Å². The molecule has 0 saturated heterocycles. The second kappa shape index (κ2) is 6.49. The van der Waals surface area contributed by atoms with E-state index in [1.165, 1.54) is 0 Å². The third-order valence-electron chi connectivity index (χ3n) is 3.36. The number of carbonyl (C=O) groups is 2. The van der Waals surface area contributed by atoms with E-state index in [0.29, 0.717) is 26.0 Å². The highest BCUT2D eigenvalue weighted by atomic mass is 16.7. The minimum absolute atomic E-state index is 0.185. The zero-order chi connectivity index (χ0) is 14.5. The maximum Gasteiger partial charge on any atom is 0.239 e. The van der Waals surface area contributed by atoms with Crippen LogP contribution in [0.5, 0.6) is 5.75 Å². The summed E-state index contributed by atoms with van der Waals surface area (Å²) >= 11 is 0. The Bertz CT molecular complexity index is 504. The maximum atomic E-state index is 11.9. The summed E-state index contributed by atoms with van der Waals surface area (Å²) in [6, 6.07) is 4.58. The minimum atomic E-state index is -0.513. The molecule has 0 spiro atoms. The van der Waals surface area contributed by atoms with Crippen LogP contribution >= 0.6 is 0 Å². The number of benzene rings is 1. The van der Waals surface area contributed by atoms with Gasteiger partial charge in [0.15, 0.2) is 0 Å². The quantitative estimate of drug-likeness (QED) is 0.776. The molecule has 1 aromatic rings. The van der Waals surface area contributed by atoms with Gasteiger partial charge >= 0.3 is 0 Å². The number of amides is 1. The second-order valence-corrected chi connectivity index (χ2v) is 4.68. The Balaban J connectivity index is 2.15. The maximum absolute atomic E-state index is 11.9. The lowest BCUT2D eigenvalue weighted by Gasteiger charge is -2.33. The van der Waals surface area contributed by atoms with Gasteiger partial charge in [0, 0.05) is 13.5 Å². The molecule has 1 heterocycles. The van der Waals surface area contributed by atoms with Gasteiger partial charge in [-0.2, -0.15) is 5.06 Å². The Kier molecular flexibility index (Phi) is 4.70. The number of carbonyl (C=O) groups excluding carboxylic acids is 2. The summed E-state index contributed by atoms with van der Waals surface area (Å²) in [5, 5.41) is 13.7. The lowest BCUT2D eigenvalue weighted by atomic mass is 10.0. The molecule has 108 valence electrons. The fourth-order valence-electron chi connectivity index (χ4n) is 2.26. The lowest BCUT2D eigenvalue weighted by molar-refractivity contribution is -0.214. The number of nitrogens with one attached hydrogen (secondary N) is 1. The van der Waals surface area contributed by atoms with Crippen LogP contribution in [0.1, 0.15) is 24.0 Å². The number of rotatable bonds is 5. The Morgan fingerprint density at radius 3 is 3.05 bits per heavy atom. The molecule has 1 unspecified atom stereocenters. The minimum Gasteiger partial charge on any atom is -0.508 e. The van der Waals surface area contributed by atoms with E-state index < -0.39 is 6.04 Å². The zero-order valence-electron chi connectivity index (χ0n) is 11.3. The molecule has 1 atom stereocenters. The zero-order valence-corrected chi connectivity index (χ0v) is 11.3. The second-order valence-electron chi connectivity index (χ2n) is 4.68. The van der Waals surface area contributed by atoms with Crippen LogP contribution in [0.3, 0.4) is 0 Å². The first-order valence-electron chi connectivity index (χ1n) is 6.51. The number of hydrogen-bond acceptors (Lipinski definition) is 5. The van der Waals surface area contributed by atoms with Gasteiger partial charge < -0.3 is 15.2 Å². The van der Waals surface area contributed by atoms with Gasteiger partial charge in [0.25, 0.3) is 0 Å². The van der Waals surface area contributed by atoms with Crippen LogP contribution < -0.4 is 5.32 Å². The van der Waals surface area contributed by atoms with Gasteiger partial charge in [-0.25, -0.2) is 0 Å². The Morgan fingerprint density at radius 1 is 1.55 bits per heavy atom. The van der Waals surface area contributed by atoms with E-state index in [0.717, 1.165) is 17.4 Å². The lowest BCUT2D eigenvalue weighted by Crippen LogP contribution is -2.46. The molecule has 20 heavy (non-hydrogen) atoms. The number of hydrogen-bond donors (Lipinski definition) is 2. The SMILES string of the molecule is CNC(=O)C(CCC=O)N1Cc2cc(O)ccc2CO1. The largest absolute Gasteiger partial charge is 0.508 e.